The molecule has 0 heterocycles. The second-order valence-electron chi connectivity index (χ2n) is 6.48. The summed E-state index contributed by atoms with van der Waals surface area (Å²) in [7, 11) is 0. The fourth-order valence-corrected chi connectivity index (χ4v) is 2.10. The van der Waals surface area contributed by atoms with Crippen LogP contribution in [0.4, 0.5) is 0 Å². The van der Waals surface area contributed by atoms with Crippen LogP contribution in [0, 0.1) is 6.92 Å². The maximum absolute atomic E-state index is 11.8. The molecule has 0 radical (unpaired) electrons. The summed E-state index contributed by atoms with van der Waals surface area (Å²) in [6.45, 7) is 10.4. The van der Waals surface area contributed by atoms with Gasteiger partial charge in [-0.1, -0.05) is 29.8 Å². The Labute approximate surface area is 127 Å². The van der Waals surface area contributed by atoms with Crippen molar-refractivity contribution in [3.8, 4) is 0 Å². The van der Waals surface area contributed by atoms with Crippen LogP contribution in [0.3, 0.4) is 0 Å². The number of amides is 2. The number of hydrogen-bond acceptors (Lipinski definition) is 2. The minimum absolute atomic E-state index is 0.0138. The Morgan fingerprint density at radius 3 is 2.43 bits per heavy atom. The molecule has 1 N–H and O–H groups in total. The smallest absolute Gasteiger partial charge is 0.222 e. The molecule has 4 heteroatoms. The number of hydrogen-bond donors (Lipinski definition) is 1. The number of nitrogens with one attached hydrogen (secondary N) is 1. The van der Waals surface area contributed by atoms with Crippen LogP contribution in [-0.2, 0) is 16.1 Å². The molecule has 0 bridgehead atoms. The van der Waals surface area contributed by atoms with Crippen molar-refractivity contribution in [3.05, 3.63) is 35.4 Å². The number of carbonyl (C=O) groups is 2. The minimum atomic E-state index is -0.241. The summed E-state index contributed by atoms with van der Waals surface area (Å²) in [6, 6.07) is 8.07. The molecule has 0 saturated heterocycles. The van der Waals surface area contributed by atoms with Gasteiger partial charge in [0.1, 0.15) is 0 Å². The summed E-state index contributed by atoms with van der Waals surface area (Å²) < 4.78 is 0. The molecule has 21 heavy (non-hydrogen) atoms. The molecule has 0 atom stereocenters. The largest absolute Gasteiger partial charge is 0.351 e. The molecule has 0 aromatic heterocycles. The van der Waals surface area contributed by atoms with Gasteiger partial charge in [-0.3, -0.25) is 9.59 Å². The van der Waals surface area contributed by atoms with E-state index >= 15 is 0 Å². The molecule has 1 aromatic carbocycles. The highest BCUT2D eigenvalue weighted by Crippen LogP contribution is 2.09. The first kappa shape index (κ1) is 17.2. The fraction of sp³-hybridized carbons (Fsp3) is 0.529. The summed E-state index contributed by atoms with van der Waals surface area (Å²) in [5.41, 5.74) is 2.01. The average molecular weight is 290 g/mol. The highest BCUT2D eigenvalue weighted by atomic mass is 16.2. The second-order valence-corrected chi connectivity index (χ2v) is 6.48. The Morgan fingerprint density at radius 2 is 1.90 bits per heavy atom. The summed E-state index contributed by atoms with van der Waals surface area (Å²) in [5.74, 6) is -0.0435. The minimum Gasteiger partial charge on any atom is -0.351 e. The number of benzene rings is 1. The average Bonchev–Trinajstić information content (AvgIpc) is 2.32. The molecule has 4 nitrogen and oxygen atoms in total. The molecule has 0 aliphatic carbocycles. The van der Waals surface area contributed by atoms with E-state index in [1.807, 2.05) is 45.9 Å². The van der Waals surface area contributed by atoms with Gasteiger partial charge in [0.05, 0.1) is 0 Å². The summed E-state index contributed by atoms with van der Waals surface area (Å²) in [4.78, 5) is 25.3. The lowest BCUT2D eigenvalue weighted by atomic mass is 10.1. The number of aryl methyl sites for hydroxylation is 1. The van der Waals surface area contributed by atoms with Crippen molar-refractivity contribution in [1.29, 1.82) is 0 Å². The van der Waals surface area contributed by atoms with Gasteiger partial charge >= 0.3 is 0 Å². The van der Waals surface area contributed by atoms with Gasteiger partial charge in [0, 0.05) is 32.0 Å². The van der Waals surface area contributed by atoms with Gasteiger partial charge in [0.25, 0.3) is 0 Å². The maximum atomic E-state index is 11.8. The monoisotopic (exact) mass is 290 g/mol. The molecular formula is C17H26N2O2. The Hall–Kier alpha value is -1.84. The summed E-state index contributed by atoms with van der Waals surface area (Å²) in [6.07, 6.45) is 0.322. The first-order valence-corrected chi connectivity index (χ1v) is 7.29. The standard InChI is InChI=1S/C17H26N2O2/c1-13-7-6-8-15(11-13)12-19(14(2)20)10-9-16(21)18-17(3,4)5/h6-8,11H,9-10,12H2,1-5H3,(H,18,21). The van der Waals surface area contributed by atoms with E-state index in [0.29, 0.717) is 19.5 Å². The lowest BCUT2D eigenvalue weighted by Crippen LogP contribution is -2.42. The molecule has 1 rings (SSSR count). The Kier molecular flexibility index (Phi) is 5.94. The van der Waals surface area contributed by atoms with Gasteiger partial charge in [0.15, 0.2) is 0 Å². The summed E-state index contributed by atoms with van der Waals surface area (Å²) in [5, 5.41) is 2.91. The molecular weight excluding hydrogens is 264 g/mol. The highest BCUT2D eigenvalue weighted by Gasteiger charge is 2.16. The topological polar surface area (TPSA) is 49.4 Å². The molecule has 0 spiro atoms. The third-order valence-corrected chi connectivity index (χ3v) is 3.02. The van der Waals surface area contributed by atoms with E-state index in [1.54, 1.807) is 4.90 Å². The van der Waals surface area contributed by atoms with Gasteiger partial charge in [-0.05, 0) is 33.3 Å². The van der Waals surface area contributed by atoms with E-state index in [4.69, 9.17) is 0 Å². The SMILES string of the molecule is CC(=O)N(CCC(=O)NC(C)(C)C)Cc1cccc(C)c1. The lowest BCUT2D eigenvalue weighted by Gasteiger charge is -2.24. The van der Waals surface area contributed by atoms with Crippen LogP contribution in [0.5, 0.6) is 0 Å². The first-order valence-electron chi connectivity index (χ1n) is 7.29. The highest BCUT2D eigenvalue weighted by molar-refractivity contribution is 5.78. The van der Waals surface area contributed by atoms with Crippen LogP contribution in [0.25, 0.3) is 0 Å². The van der Waals surface area contributed by atoms with Gasteiger partial charge < -0.3 is 10.2 Å². The van der Waals surface area contributed by atoms with Gasteiger partial charge in [-0.25, -0.2) is 0 Å². The molecule has 1 aromatic rings. The molecule has 0 unspecified atom stereocenters. The zero-order valence-electron chi connectivity index (χ0n) is 13.7. The van der Waals surface area contributed by atoms with Gasteiger partial charge in [-0.15, -0.1) is 0 Å². The molecule has 0 aliphatic heterocycles. The Balaban J connectivity index is 2.59. The molecule has 2 amide bonds. The van der Waals surface area contributed by atoms with Crippen molar-refractivity contribution in [3.63, 3.8) is 0 Å². The molecule has 0 aliphatic rings. The van der Waals surface area contributed by atoms with E-state index in [-0.39, 0.29) is 17.4 Å². The van der Waals surface area contributed by atoms with E-state index in [9.17, 15) is 9.59 Å². The maximum Gasteiger partial charge on any atom is 0.222 e. The van der Waals surface area contributed by atoms with Crippen molar-refractivity contribution in [2.45, 2.75) is 53.1 Å². The van der Waals surface area contributed by atoms with Crippen molar-refractivity contribution in [2.75, 3.05) is 6.54 Å². The molecule has 0 saturated carbocycles. The van der Waals surface area contributed by atoms with Gasteiger partial charge in [0.2, 0.25) is 11.8 Å². The van der Waals surface area contributed by atoms with Crippen LogP contribution >= 0.6 is 0 Å². The van der Waals surface area contributed by atoms with Crippen LogP contribution in [0.2, 0.25) is 0 Å². The summed E-state index contributed by atoms with van der Waals surface area (Å²) >= 11 is 0. The Bertz CT molecular complexity index is 504. The van der Waals surface area contributed by atoms with Crippen molar-refractivity contribution in [2.24, 2.45) is 0 Å². The first-order chi connectivity index (χ1) is 9.67. The lowest BCUT2D eigenvalue weighted by molar-refractivity contribution is -0.130. The fourth-order valence-electron chi connectivity index (χ4n) is 2.10. The predicted molar refractivity (Wildman–Crippen MR) is 84.8 cm³/mol. The second kappa shape index (κ2) is 7.25. The normalized spacial score (nSPS) is 11.1. The number of carbonyl (C=O) groups excluding carboxylic acids is 2. The molecule has 0 fully saturated rings. The Morgan fingerprint density at radius 1 is 1.24 bits per heavy atom. The van der Waals surface area contributed by atoms with E-state index in [2.05, 4.69) is 11.4 Å². The van der Waals surface area contributed by atoms with Crippen LogP contribution in [0.15, 0.2) is 24.3 Å². The third kappa shape index (κ3) is 6.93. The van der Waals surface area contributed by atoms with Crippen molar-refractivity contribution < 1.29 is 9.59 Å². The number of rotatable bonds is 5. The van der Waals surface area contributed by atoms with Gasteiger partial charge in [-0.2, -0.15) is 0 Å². The van der Waals surface area contributed by atoms with Crippen molar-refractivity contribution in [1.82, 2.24) is 10.2 Å². The number of nitrogens with zero attached hydrogens (tertiary/aromatic N) is 1. The predicted octanol–water partition coefficient (Wildman–Crippen LogP) is 2.65. The quantitative estimate of drug-likeness (QED) is 0.906. The van der Waals surface area contributed by atoms with E-state index < -0.39 is 0 Å². The van der Waals surface area contributed by atoms with Crippen LogP contribution < -0.4 is 5.32 Å². The zero-order valence-corrected chi connectivity index (χ0v) is 13.7. The molecule has 116 valence electrons. The van der Waals surface area contributed by atoms with Crippen molar-refractivity contribution >= 4 is 11.8 Å². The van der Waals surface area contributed by atoms with E-state index in [1.165, 1.54) is 12.5 Å². The zero-order chi connectivity index (χ0) is 16.0. The third-order valence-electron chi connectivity index (χ3n) is 3.02. The van der Waals surface area contributed by atoms with Crippen LogP contribution in [0.1, 0.15) is 45.2 Å². The van der Waals surface area contributed by atoms with Crippen LogP contribution in [-0.4, -0.2) is 28.8 Å². The van der Waals surface area contributed by atoms with E-state index in [0.717, 1.165) is 5.56 Å².